The Hall–Kier alpha value is -0.580. The lowest BCUT2D eigenvalue weighted by Gasteiger charge is -2.15. The van der Waals surface area contributed by atoms with E-state index in [1.165, 1.54) is 12.8 Å². The van der Waals surface area contributed by atoms with E-state index < -0.39 is 0 Å². The van der Waals surface area contributed by atoms with Gasteiger partial charge in [-0.15, -0.1) is 0 Å². The Morgan fingerprint density at radius 3 is 2.94 bits per heavy atom. The largest absolute Gasteiger partial charge is 0.492 e. The van der Waals surface area contributed by atoms with Crippen LogP contribution in [0.15, 0.2) is 28.7 Å². The Kier molecular flexibility index (Phi) is 5.47. The van der Waals surface area contributed by atoms with Gasteiger partial charge in [-0.25, -0.2) is 0 Å². The van der Waals surface area contributed by atoms with Crippen molar-refractivity contribution in [3.63, 3.8) is 0 Å². The highest BCUT2D eigenvalue weighted by Gasteiger charge is 2.25. The fraction of sp³-hybridized carbons (Fsp3) is 0.571. The summed E-state index contributed by atoms with van der Waals surface area (Å²) < 4.78 is 6.70. The van der Waals surface area contributed by atoms with Gasteiger partial charge in [0.1, 0.15) is 12.4 Å². The van der Waals surface area contributed by atoms with Crippen LogP contribution in [0.2, 0.25) is 0 Å². The van der Waals surface area contributed by atoms with E-state index in [4.69, 9.17) is 4.74 Å². The monoisotopic (exact) mass is 312 g/mol. The summed E-state index contributed by atoms with van der Waals surface area (Å²) in [6.45, 7) is 3.77. The van der Waals surface area contributed by atoms with Gasteiger partial charge in [0.15, 0.2) is 0 Å². The van der Waals surface area contributed by atoms with Gasteiger partial charge >= 0.3 is 0 Å². The van der Waals surface area contributed by atoms with E-state index in [0.29, 0.717) is 6.61 Å². The van der Waals surface area contributed by atoms with Gasteiger partial charge in [-0.2, -0.15) is 0 Å². The molecule has 0 atom stereocenters. The SMILES string of the molecule is CN(CCNCCOc1cccc(Br)c1)C1CC1. The number of nitrogens with one attached hydrogen (secondary N) is 1. The van der Waals surface area contributed by atoms with E-state index in [0.717, 1.165) is 35.9 Å². The Labute approximate surface area is 118 Å². The highest BCUT2D eigenvalue weighted by molar-refractivity contribution is 9.10. The summed E-state index contributed by atoms with van der Waals surface area (Å²) in [6.07, 6.45) is 2.75. The quantitative estimate of drug-likeness (QED) is 0.747. The molecular weight excluding hydrogens is 292 g/mol. The minimum absolute atomic E-state index is 0.712. The summed E-state index contributed by atoms with van der Waals surface area (Å²) in [7, 11) is 2.21. The van der Waals surface area contributed by atoms with Gasteiger partial charge in [-0.05, 0) is 38.1 Å². The zero-order chi connectivity index (χ0) is 12.8. The first kappa shape index (κ1) is 13.8. The van der Waals surface area contributed by atoms with E-state index >= 15 is 0 Å². The van der Waals surface area contributed by atoms with Crippen LogP contribution < -0.4 is 10.1 Å². The number of hydrogen-bond acceptors (Lipinski definition) is 3. The molecule has 1 aromatic carbocycles. The Balaban J connectivity index is 1.50. The molecule has 0 radical (unpaired) electrons. The first-order valence-electron chi connectivity index (χ1n) is 6.55. The van der Waals surface area contributed by atoms with E-state index in [1.54, 1.807) is 0 Å². The van der Waals surface area contributed by atoms with Gasteiger partial charge in [0.05, 0.1) is 0 Å². The summed E-state index contributed by atoms with van der Waals surface area (Å²) in [5.41, 5.74) is 0. The minimum atomic E-state index is 0.712. The van der Waals surface area contributed by atoms with E-state index in [2.05, 4.69) is 33.2 Å². The summed E-state index contributed by atoms with van der Waals surface area (Å²) in [6, 6.07) is 8.80. The molecular formula is C14H21BrN2O. The van der Waals surface area contributed by atoms with Crippen molar-refractivity contribution in [2.45, 2.75) is 18.9 Å². The fourth-order valence-electron chi connectivity index (χ4n) is 1.88. The van der Waals surface area contributed by atoms with Crippen molar-refractivity contribution in [1.82, 2.24) is 10.2 Å². The Morgan fingerprint density at radius 1 is 1.39 bits per heavy atom. The topological polar surface area (TPSA) is 24.5 Å². The van der Waals surface area contributed by atoms with Crippen molar-refractivity contribution in [1.29, 1.82) is 0 Å². The number of rotatable bonds is 8. The maximum absolute atomic E-state index is 5.65. The zero-order valence-corrected chi connectivity index (χ0v) is 12.4. The zero-order valence-electron chi connectivity index (χ0n) is 10.9. The summed E-state index contributed by atoms with van der Waals surface area (Å²) in [5, 5.41) is 3.41. The third-order valence-corrected chi connectivity index (χ3v) is 3.65. The van der Waals surface area contributed by atoms with Crippen molar-refractivity contribution in [3.05, 3.63) is 28.7 Å². The number of benzene rings is 1. The van der Waals surface area contributed by atoms with Crippen molar-refractivity contribution in [2.24, 2.45) is 0 Å². The molecule has 18 heavy (non-hydrogen) atoms. The maximum atomic E-state index is 5.65. The second kappa shape index (κ2) is 7.12. The molecule has 1 N–H and O–H groups in total. The predicted octanol–water partition coefficient (Wildman–Crippen LogP) is 2.51. The van der Waals surface area contributed by atoms with Gasteiger partial charge < -0.3 is 15.0 Å². The molecule has 1 fully saturated rings. The van der Waals surface area contributed by atoms with E-state index in [1.807, 2.05) is 24.3 Å². The molecule has 1 aliphatic rings. The highest BCUT2D eigenvalue weighted by atomic mass is 79.9. The maximum Gasteiger partial charge on any atom is 0.120 e. The average Bonchev–Trinajstić information content (AvgIpc) is 3.17. The molecule has 0 bridgehead atoms. The Bertz CT molecular complexity index is 369. The summed E-state index contributed by atoms with van der Waals surface area (Å²) in [5.74, 6) is 0.918. The van der Waals surface area contributed by atoms with Crippen LogP contribution in [0.4, 0.5) is 0 Å². The molecule has 0 spiro atoms. The fourth-order valence-corrected chi connectivity index (χ4v) is 2.25. The Morgan fingerprint density at radius 2 is 2.22 bits per heavy atom. The number of likely N-dealkylation sites (N-methyl/N-ethyl adjacent to an activating group) is 1. The molecule has 2 rings (SSSR count). The number of nitrogens with zero attached hydrogens (tertiary/aromatic N) is 1. The molecule has 1 saturated carbocycles. The molecule has 0 aliphatic heterocycles. The second-order valence-corrected chi connectivity index (χ2v) is 5.68. The lowest BCUT2D eigenvalue weighted by Crippen LogP contribution is -2.32. The van der Waals surface area contributed by atoms with Gasteiger partial charge in [-0.3, -0.25) is 0 Å². The summed E-state index contributed by atoms with van der Waals surface area (Å²) >= 11 is 3.43. The van der Waals surface area contributed by atoms with Crippen LogP contribution in [0.5, 0.6) is 5.75 Å². The molecule has 3 nitrogen and oxygen atoms in total. The summed E-state index contributed by atoms with van der Waals surface area (Å²) in [4.78, 5) is 2.43. The lowest BCUT2D eigenvalue weighted by atomic mass is 10.3. The van der Waals surface area contributed by atoms with Crippen LogP contribution >= 0.6 is 15.9 Å². The van der Waals surface area contributed by atoms with Crippen LogP contribution in [0.25, 0.3) is 0 Å². The van der Waals surface area contributed by atoms with E-state index in [9.17, 15) is 0 Å². The minimum Gasteiger partial charge on any atom is -0.492 e. The number of hydrogen-bond donors (Lipinski definition) is 1. The van der Waals surface area contributed by atoms with Crippen LogP contribution in [0, 0.1) is 0 Å². The molecule has 1 aromatic rings. The van der Waals surface area contributed by atoms with Crippen LogP contribution in [0.1, 0.15) is 12.8 Å². The average molecular weight is 313 g/mol. The van der Waals surface area contributed by atoms with Crippen LogP contribution in [0.3, 0.4) is 0 Å². The van der Waals surface area contributed by atoms with Crippen molar-refractivity contribution in [3.8, 4) is 5.75 Å². The number of halogens is 1. The van der Waals surface area contributed by atoms with Crippen molar-refractivity contribution >= 4 is 15.9 Å². The molecule has 100 valence electrons. The predicted molar refractivity (Wildman–Crippen MR) is 78.2 cm³/mol. The third-order valence-electron chi connectivity index (χ3n) is 3.16. The molecule has 4 heteroatoms. The van der Waals surface area contributed by atoms with Crippen LogP contribution in [-0.2, 0) is 0 Å². The smallest absolute Gasteiger partial charge is 0.120 e. The molecule has 0 amide bonds. The molecule has 0 unspecified atom stereocenters. The molecule has 1 aliphatic carbocycles. The van der Waals surface area contributed by atoms with Gasteiger partial charge in [-0.1, -0.05) is 22.0 Å². The van der Waals surface area contributed by atoms with Gasteiger partial charge in [0.2, 0.25) is 0 Å². The lowest BCUT2D eigenvalue weighted by molar-refractivity contribution is 0.295. The van der Waals surface area contributed by atoms with Crippen molar-refractivity contribution < 1.29 is 4.74 Å². The van der Waals surface area contributed by atoms with Crippen molar-refractivity contribution in [2.75, 3.05) is 33.3 Å². The molecule has 0 aromatic heterocycles. The van der Waals surface area contributed by atoms with Crippen LogP contribution in [-0.4, -0.2) is 44.2 Å². The normalized spacial score (nSPS) is 15.1. The number of ether oxygens (including phenoxy) is 1. The van der Waals surface area contributed by atoms with E-state index in [-0.39, 0.29) is 0 Å². The standard InChI is InChI=1S/C14H21BrN2O/c1-17(13-5-6-13)9-7-16-8-10-18-14-4-2-3-12(15)11-14/h2-4,11,13,16H,5-10H2,1H3. The second-order valence-electron chi connectivity index (χ2n) is 4.77. The highest BCUT2D eigenvalue weighted by Crippen LogP contribution is 2.24. The molecule has 0 heterocycles. The third kappa shape index (κ3) is 4.96. The molecule has 0 saturated heterocycles. The van der Waals surface area contributed by atoms with Gasteiger partial charge in [0, 0.05) is 30.1 Å². The first-order valence-corrected chi connectivity index (χ1v) is 7.34. The van der Waals surface area contributed by atoms with Gasteiger partial charge in [0.25, 0.3) is 0 Å². The first-order chi connectivity index (χ1) is 8.75.